The topological polar surface area (TPSA) is 15.3 Å². The second-order valence-corrected chi connectivity index (χ2v) is 7.93. The van der Waals surface area contributed by atoms with Crippen LogP contribution in [0.1, 0.15) is 47.0 Å². The highest BCUT2D eigenvalue weighted by Gasteiger charge is 2.49. The van der Waals surface area contributed by atoms with Crippen molar-refractivity contribution in [3.05, 3.63) is 58.6 Å². The van der Waals surface area contributed by atoms with E-state index in [2.05, 4.69) is 68.5 Å². The predicted molar refractivity (Wildman–Crippen MR) is 96.5 cm³/mol. The maximum Gasteiger partial charge on any atom is 0.0368 e. The number of nitrogens with zero attached hydrogens (tertiary/aromatic N) is 1. The Labute approximate surface area is 140 Å². The van der Waals surface area contributed by atoms with E-state index in [0.29, 0.717) is 12.0 Å². The standard InChI is InChI=1S/C21H28N2/c1-14(2)8-12-23-19-6-5-18-16-7-10-22-11-9-21(18,4)15(3)20(23)13-17(16)19/h7-11,15,20,22H,5-6,12-13H2,1-4H3. The highest BCUT2D eigenvalue weighted by molar-refractivity contribution is 5.56. The maximum absolute atomic E-state index is 3.32. The quantitative estimate of drug-likeness (QED) is 0.747. The Morgan fingerprint density at radius 2 is 2.17 bits per heavy atom. The van der Waals surface area contributed by atoms with E-state index in [-0.39, 0.29) is 5.41 Å². The summed E-state index contributed by atoms with van der Waals surface area (Å²) in [5.74, 6) is 0.623. The van der Waals surface area contributed by atoms with E-state index in [1.54, 1.807) is 16.8 Å². The molecule has 3 unspecified atom stereocenters. The van der Waals surface area contributed by atoms with Crippen LogP contribution in [0.25, 0.3) is 0 Å². The van der Waals surface area contributed by atoms with E-state index in [1.165, 1.54) is 30.4 Å². The van der Waals surface area contributed by atoms with Crippen LogP contribution in [-0.4, -0.2) is 17.5 Å². The summed E-state index contributed by atoms with van der Waals surface area (Å²) in [6, 6.07) is 0.629. The van der Waals surface area contributed by atoms with Gasteiger partial charge in [0.05, 0.1) is 0 Å². The molecular weight excluding hydrogens is 280 g/mol. The summed E-state index contributed by atoms with van der Waals surface area (Å²) in [6.07, 6.45) is 15.0. The number of fused-ring (bicyclic) bond motifs is 1. The summed E-state index contributed by atoms with van der Waals surface area (Å²) in [4.78, 5) is 2.72. The van der Waals surface area contributed by atoms with Crippen molar-refractivity contribution in [1.82, 2.24) is 10.2 Å². The average molecular weight is 308 g/mol. The lowest BCUT2D eigenvalue weighted by atomic mass is 9.65. The van der Waals surface area contributed by atoms with Crippen molar-refractivity contribution in [2.75, 3.05) is 6.54 Å². The molecule has 0 fully saturated rings. The first kappa shape index (κ1) is 14.9. The van der Waals surface area contributed by atoms with Crippen molar-refractivity contribution in [2.24, 2.45) is 11.3 Å². The first-order valence-electron chi connectivity index (χ1n) is 8.98. The zero-order chi connectivity index (χ0) is 16.2. The molecule has 5 bridgehead atoms. The summed E-state index contributed by atoms with van der Waals surface area (Å²) in [5, 5.41) is 3.32. The minimum atomic E-state index is 0.161. The number of likely N-dealkylation sites (tertiary alicyclic amines) is 1. The molecule has 0 aromatic heterocycles. The van der Waals surface area contributed by atoms with Gasteiger partial charge in [0.25, 0.3) is 0 Å². The molecule has 0 saturated carbocycles. The van der Waals surface area contributed by atoms with Gasteiger partial charge in [-0.15, -0.1) is 0 Å². The van der Waals surface area contributed by atoms with Crippen molar-refractivity contribution in [2.45, 2.75) is 53.0 Å². The molecule has 0 saturated heterocycles. The lowest BCUT2D eigenvalue weighted by Gasteiger charge is -2.46. The van der Waals surface area contributed by atoms with E-state index >= 15 is 0 Å². The molecule has 4 aliphatic rings. The molecule has 2 aliphatic carbocycles. The van der Waals surface area contributed by atoms with Crippen LogP contribution in [0.4, 0.5) is 0 Å². The van der Waals surface area contributed by atoms with Crippen LogP contribution in [0.5, 0.6) is 0 Å². The van der Waals surface area contributed by atoms with E-state index < -0.39 is 0 Å². The number of allylic oxidation sites excluding steroid dienone is 6. The Balaban J connectivity index is 1.89. The lowest BCUT2D eigenvalue weighted by molar-refractivity contribution is 0.149. The Hall–Kier alpha value is -1.70. The third kappa shape index (κ3) is 2.07. The molecule has 0 radical (unpaired) electrons. The molecular formula is C21H28N2. The lowest BCUT2D eigenvalue weighted by Crippen LogP contribution is -2.44. The second kappa shape index (κ2) is 5.15. The molecule has 2 nitrogen and oxygen atoms in total. The van der Waals surface area contributed by atoms with Gasteiger partial charge in [0.15, 0.2) is 0 Å². The van der Waals surface area contributed by atoms with Gasteiger partial charge < -0.3 is 10.2 Å². The molecule has 1 N–H and O–H groups in total. The SMILES string of the molecule is CC(C)=CCN1C2=C3CC1C(C)C1(C)C=CNC=CC3=C1CC2. The largest absolute Gasteiger partial charge is 0.368 e. The van der Waals surface area contributed by atoms with Crippen LogP contribution in [0.2, 0.25) is 0 Å². The first-order valence-corrected chi connectivity index (χ1v) is 8.98. The molecule has 122 valence electrons. The fraction of sp³-hybridized carbons (Fsp3) is 0.524. The smallest absolute Gasteiger partial charge is 0.0368 e. The zero-order valence-corrected chi connectivity index (χ0v) is 14.8. The number of hydrogen-bond donors (Lipinski definition) is 1. The summed E-state index contributed by atoms with van der Waals surface area (Å²) >= 11 is 0. The average Bonchev–Trinajstić information content (AvgIpc) is 2.85. The number of nitrogens with one attached hydrogen (secondary N) is 1. The van der Waals surface area contributed by atoms with Gasteiger partial charge in [-0.3, -0.25) is 0 Å². The highest BCUT2D eigenvalue weighted by atomic mass is 15.2. The van der Waals surface area contributed by atoms with Crippen molar-refractivity contribution >= 4 is 0 Å². The molecule has 23 heavy (non-hydrogen) atoms. The van der Waals surface area contributed by atoms with E-state index in [1.807, 2.05) is 0 Å². The number of hydrogen-bond acceptors (Lipinski definition) is 2. The van der Waals surface area contributed by atoms with Crippen LogP contribution >= 0.6 is 0 Å². The fourth-order valence-corrected chi connectivity index (χ4v) is 5.00. The van der Waals surface area contributed by atoms with Gasteiger partial charge in [0, 0.05) is 29.9 Å². The summed E-state index contributed by atoms with van der Waals surface area (Å²) in [6.45, 7) is 10.4. The molecule has 0 aromatic rings. The molecule has 4 rings (SSSR count). The van der Waals surface area contributed by atoms with Crippen LogP contribution < -0.4 is 5.32 Å². The second-order valence-electron chi connectivity index (χ2n) is 7.93. The van der Waals surface area contributed by atoms with E-state index in [0.717, 1.165) is 6.54 Å². The van der Waals surface area contributed by atoms with Crippen LogP contribution in [0.3, 0.4) is 0 Å². The van der Waals surface area contributed by atoms with Crippen molar-refractivity contribution in [3.8, 4) is 0 Å². The van der Waals surface area contributed by atoms with Crippen LogP contribution in [0.15, 0.2) is 58.6 Å². The monoisotopic (exact) mass is 308 g/mol. The van der Waals surface area contributed by atoms with Gasteiger partial charge in [0.1, 0.15) is 0 Å². The first-order chi connectivity index (χ1) is 11.0. The van der Waals surface area contributed by atoms with E-state index in [9.17, 15) is 0 Å². The normalized spacial score (nSPS) is 34.3. The van der Waals surface area contributed by atoms with Gasteiger partial charge in [-0.1, -0.05) is 37.1 Å². The molecule has 2 aliphatic heterocycles. The molecule has 0 aromatic carbocycles. The minimum Gasteiger partial charge on any atom is -0.368 e. The third-order valence-corrected chi connectivity index (χ3v) is 6.51. The van der Waals surface area contributed by atoms with E-state index in [4.69, 9.17) is 0 Å². The van der Waals surface area contributed by atoms with Crippen LogP contribution in [-0.2, 0) is 0 Å². The van der Waals surface area contributed by atoms with Crippen molar-refractivity contribution in [1.29, 1.82) is 0 Å². The number of rotatable bonds is 2. The Kier molecular flexibility index (Phi) is 3.33. The Morgan fingerprint density at radius 1 is 1.35 bits per heavy atom. The van der Waals surface area contributed by atoms with Gasteiger partial charge in [-0.25, -0.2) is 0 Å². The third-order valence-electron chi connectivity index (χ3n) is 6.51. The van der Waals surface area contributed by atoms with Crippen molar-refractivity contribution in [3.63, 3.8) is 0 Å². The van der Waals surface area contributed by atoms with Crippen molar-refractivity contribution < 1.29 is 0 Å². The molecule has 2 heteroatoms. The van der Waals surface area contributed by atoms with Gasteiger partial charge in [-0.2, -0.15) is 0 Å². The summed E-state index contributed by atoms with van der Waals surface area (Å²) < 4.78 is 0. The molecule has 0 amide bonds. The molecule has 3 atom stereocenters. The summed E-state index contributed by atoms with van der Waals surface area (Å²) in [7, 11) is 0. The Morgan fingerprint density at radius 3 is 2.96 bits per heavy atom. The van der Waals surface area contributed by atoms with Gasteiger partial charge in [0.2, 0.25) is 0 Å². The zero-order valence-electron chi connectivity index (χ0n) is 14.8. The van der Waals surface area contributed by atoms with Gasteiger partial charge in [-0.05, 0) is 62.5 Å². The fourth-order valence-electron chi connectivity index (χ4n) is 5.00. The highest BCUT2D eigenvalue weighted by Crippen LogP contribution is 2.57. The van der Waals surface area contributed by atoms with Crippen LogP contribution in [0, 0.1) is 11.3 Å². The predicted octanol–water partition coefficient (Wildman–Crippen LogP) is 4.66. The van der Waals surface area contributed by atoms with Gasteiger partial charge >= 0.3 is 0 Å². The maximum atomic E-state index is 3.32. The molecule has 2 heterocycles. The molecule has 0 spiro atoms. The Bertz CT molecular complexity index is 685. The summed E-state index contributed by atoms with van der Waals surface area (Å²) in [5.41, 5.74) is 8.02. The minimum absolute atomic E-state index is 0.161.